The molecule has 0 aliphatic carbocycles. The first-order chi connectivity index (χ1) is 11.1. The van der Waals surface area contributed by atoms with E-state index < -0.39 is 11.5 Å². The molecule has 0 spiro atoms. The lowest BCUT2D eigenvalue weighted by Gasteiger charge is -2.07. The number of aromatic nitrogens is 2. The van der Waals surface area contributed by atoms with Crippen molar-refractivity contribution < 1.29 is 13.9 Å². The zero-order chi connectivity index (χ0) is 16.4. The Morgan fingerprint density at radius 2 is 2.22 bits per heavy atom. The smallest absolute Gasteiger partial charge is 0.337 e. The predicted octanol–water partition coefficient (Wildman–Crippen LogP) is 2.27. The summed E-state index contributed by atoms with van der Waals surface area (Å²) in [5, 5.41) is 7.35. The van der Waals surface area contributed by atoms with Gasteiger partial charge in [-0.2, -0.15) is 5.10 Å². The molecular weight excluding hydrogens is 298 g/mol. The van der Waals surface area contributed by atoms with Crippen molar-refractivity contribution in [2.24, 2.45) is 0 Å². The average molecular weight is 313 g/mol. The lowest BCUT2D eigenvalue weighted by Crippen LogP contribution is -2.15. The van der Waals surface area contributed by atoms with Gasteiger partial charge in [-0.15, -0.1) is 0 Å². The Hall–Kier alpha value is -3.09. The molecule has 2 heterocycles. The van der Waals surface area contributed by atoms with Gasteiger partial charge in [0.15, 0.2) is 0 Å². The van der Waals surface area contributed by atoms with Crippen LogP contribution in [0.4, 0.5) is 5.69 Å². The minimum atomic E-state index is -0.597. The molecule has 0 unspecified atom stereocenters. The molecule has 0 saturated heterocycles. The first-order valence-corrected chi connectivity index (χ1v) is 7.06. The molecule has 1 amide bonds. The van der Waals surface area contributed by atoms with Crippen LogP contribution in [0.2, 0.25) is 0 Å². The molecule has 0 aliphatic heterocycles. The van der Waals surface area contributed by atoms with E-state index in [9.17, 15) is 9.59 Å². The van der Waals surface area contributed by atoms with E-state index in [1.165, 1.54) is 13.2 Å². The van der Waals surface area contributed by atoms with Crippen LogP contribution in [-0.4, -0.2) is 22.8 Å². The number of hydrogen-bond acceptors (Lipinski definition) is 5. The van der Waals surface area contributed by atoms with E-state index in [2.05, 4.69) is 10.4 Å². The molecule has 0 radical (unpaired) electrons. The molecule has 3 rings (SSSR count). The third-order valence-corrected chi connectivity index (χ3v) is 3.41. The number of hydrogen-bond donors (Lipinski definition) is 1. The van der Waals surface area contributed by atoms with Crippen molar-refractivity contribution in [3.8, 4) is 5.75 Å². The minimum absolute atomic E-state index is 0.239. The van der Waals surface area contributed by atoms with Gasteiger partial charge < -0.3 is 14.5 Å². The fourth-order valence-corrected chi connectivity index (χ4v) is 2.26. The molecular formula is C16H15N3O4. The fourth-order valence-electron chi connectivity index (χ4n) is 2.26. The molecule has 0 atom stereocenters. The van der Waals surface area contributed by atoms with Gasteiger partial charge in [-0.25, -0.2) is 4.79 Å². The van der Waals surface area contributed by atoms with Gasteiger partial charge in [0, 0.05) is 30.3 Å². The predicted molar refractivity (Wildman–Crippen MR) is 84.9 cm³/mol. The van der Waals surface area contributed by atoms with Gasteiger partial charge in [0.05, 0.1) is 24.6 Å². The van der Waals surface area contributed by atoms with E-state index in [0.29, 0.717) is 29.0 Å². The summed E-state index contributed by atoms with van der Waals surface area (Å²) >= 11 is 0. The Labute approximate surface area is 131 Å². The summed E-state index contributed by atoms with van der Waals surface area (Å²) in [6.45, 7) is 2.65. The zero-order valence-corrected chi connectivity index (χ0v) is 12.7. The Kier molecular flexibility index (Phi) is 3.84. The molecule has 0 aliphatic rings. The van der Waals surface area contributed by atoms with E-state index in [-0.39, 0.29) is 5.56 Å². The summed E-state index contributed by atoms with van der Waals surface area (Å²) in [5.74, 6) is 0.145. The molecule has 3 aromatic rings. The summed E-state index contributed by atoms with van der Waals surface area (Å²) in [6, 6.07) is 6.13. The van der Waals surface area contributed by atoms with E-state index in [0.717, 1.165) is 0 Å². The average Bonchev–Trinajstić information content (AvgIpc) is 3.00. The summed E-state index contributed by atoms with van der Waals surface area (Å²) in [5.41, 5.74) is 0.501. The molecule has 1 N–H and O–H groups in total. The maximum Gasteiger partial charge on any atom is 0.337 e. The van der Waals surface area contributed by atoms with Crippen molar-refractivity contribution in [2.75, 3.05) is 12.4 Å². The maximum atomic E-state index is 12.5. The van der Waals surface area contributed by atoms with Gasteiger partial charge in [0.1, 0.15) is 11.3 Å². The van der Waals surface area contributed by atoms with Crippen molar-refractivity contribution in [1.29, 1.82) is 0 Å². The maximum absolute atomic E-state index is 12.5. The van der Waals surface area contributed by atoms with Crippen LogP contribution in [0.1, 0.15) is 17.3 Å². The van der Waals surface area contributed by atoms with Crippen molar-refractivity contribution in [3.05, 3.63) is 52.6 Å². The Morgan fingerprint density at radius 1 is 1.39 bits per heavy atom. The number of amides is 1. The number of rotatable bonds is 4. The van der Waals surface area contributed by atoms with E-state index in [1.807, 2.05) is 6.92 Å². The molecule has 7 nitrogen and oxygen atoms in total. The van der Waals surface area contributed by atoms with Crippen molar-refractivity contribution in [2.45, 2.75) is 13.5 Å². The highest BCUT2D eigenvalue weighted by atomic mass is 16.5. The summed E-state index contributed by atoms with van der Waals surface area (Å²) in [7, 11) is 1.52. The van der Waals surface area contributed by atoms with Crippen LogP contribution in [-0.2, 0) is 6.54 Å². The van der Waals surface area contributed by atoms with E-state index in [1.54, 1.807) is 35.3 Å². The molecule has 0 bridgehead atoms. The lowest BCUT2D eigenvalue weighted by atomic mass is 10.1. The van der Waals surface area contributed by atoms with Crippen LogP contribution in [0.25, 0.3) is 11.0 Å². The van der Waals surface area contributed by atoms with Crippen molar-refractivity contribution in [1.82, 2.24) is 9.78 Å². The molecule has 7 heteroatoms. The van der Waals surface area contributed by atoms with Gasteiger partial charge in [0.2, 0.25) is 0 Å². The number of carbonyl (C=O) groups is 1. The monoisotopic (exact) mass is 313 g/mol. The number of aryl methyl sites for hydroxylation is 1. The summed E-state index contributed by atoms with van der Waals surface area (Å²) in [4.78, 5) is 24.2. The highest BCUT2D eigenvalue weighted by molar-refractivity contribution is 6.11. The van der Waals surface area contributed by atoms with Crippen LogP contribution in [0, 0.1) is 0 Å². The van der Waals surface area contributed by atoms with Gasteiger partial charge in [-0.1, -0.05) is 0 Å². The second-order valence-corrected chi connectivity index (χ2v) is 4.88. The SMILES string of the molecule is CCn1cc(NC(=O)c2cc(=O)oc3cc(OC)ccc23)cn1. The number of nitrogens with one attached hydrogen (secondary N) is 1. The van der Waals surface area contributed by atoms with Crippen LogP contribution >= 0.6 is 0 Å². The fraction of sp³-hybridized carbons (Fsp3) is 0.188. The highest BCUT2D eigenvalue weighted by Gasteiger charge is 2.14. The molecule has 2 aromatic heterocycles. The lowest BCUT2D eigenvalue weighted by molar-refractivity contribution is 0.102. The number of methoxy groups -OCH3 is 1. The zero-order valence-electron chi connectivity index (χ0n) is 12.7. The van der Waals surface area contributed by atoms with Crippen molar-refractivity contribution in [3.63, 3.8) is 0 Å². The molecule has 23 heavy (non-hydrogen) atoms. The number of ether oxygens (including phenoxy) is 1. The topological polar surface area (TPSA) is 86.4 Å². The quantitative estimate of drug-likeness (QED) is 0.747. The third-order valence-electron chi connectivity index (χ3n) is 3.41. The largest absolute Gasteiger partial charge is 0.497 e. The standard InChI is InChI=1S/C16H15N3O4/c1-3-19-9-10(8-17-19)18-16(21)13-7-15(20)23-14-6-11(22-2)4-5-12(13)14/h4-9H,3H2,1-2H3,(H,18,21). The van der Waals surface area contributed by atoms with Gasteiger partial charge in [0.25, 0.3) is 5.91 Å². The number of benzene rings is 1. The van der Waals surface area contributed by atoms with Crippen LogP contribution in [0.5, 0.6) is 5.75 Å². The summed E-state index contributed by atoms with van der Waals surface area (Å²) in [6.07, 6.45) is 3.27. The molecule has 0 saturated carbocycles. The highest BCUT2D eigenvalue weighted by Crippen LogP contribution is 2.23. The number of nitrogens with zero attached hydrogens (tertiary/aromatic N) is 2. The van der Waals surface area contributed by atoms with E-state index >= 15 is 0 Å². The van der Waals surface area contributed by atoms with Crippen LogP contribution in [0.15, 0.2) is 45.9 Å². The number of anilines is 1. The molecule has 0 fully saturated rings. The first-order valence-electron chi connectivity index (χ1n) is 7.06. The Morgan fingerprint density at radius 3 is 2.91 bits per heavy atom. The van der Waals surface area contributed by atoms with E-state index in [4.69, 9.17) is 9.15 Å². The van der Waals surface area contributed by atoms with Gasteiger partial charge in [-0.05, 0) is 19.1 Å². The van der Waals surface area contributed by atoms with Crippen LogP contribution < -0.4 is 15.7 Å². The third kappa shape index (κ3) is 2.94. The Balaban J connectivity index is 2.00. The number of carbonyl (C=O) groups excluding carboxylic acids is 1. The van der Waals surface area contributed by atoms with Gasteiger partial charge in [-0.3, -0.25) is 9.48 Å². The van der Waals surface area contributed by atoms with Crippen molar-refractivity contribution >= 4 is 22.6 Å². The summed E-state index contributed by atoms with van der Waals surface area (Å²) < 4.78 is 11.9. The van der Waals surface area contributed by atoms with Gasteiger partial charge >= 0.3 is 5.63 Å². The number of fused-ring (bicyclic) bond motifs is 1. The first kappa shape index (κ1) is 14.8. The second kappa shape index (κ2) is 5.96. The Bertz CT molecular complexity index is 926. The normalized spacial score (nSPS) is 10.7. The second-order valence-electron chi connectivity index (χ2n) is 4.88. The minimum Gasteiger partial charge on any atom is -0.497 e. The molecule has 1 aromatic carbocycles. The molecule has 118 valence electrons. The van der Waals surface area contributed by atoms with Crippen LogP contribution in [0.3, 0.4) is 0 Å².